The first-order valence-electron chi connectivity index (χ1n) is 10.6. The van der Waals surface area contributed by atoms with E-state index in [1.54, 1.807) is 6.92 Å². The second-order valence-electron chi connectivity index (χ2n) is 8.11. The first-order valence-corrected chi connectivity index (χ1v) is 11.5. The molecule has 6 nitrogen and oxygen atoms in total. The second kappa shape index (κ2) is 8.26. The molecule has 33 heavy (non-hydrogen) atoms. The average Bonchev–Trinajstić information content (AvgIpc) is 3.17. The number of nitrogens with zero attached hydrogens (tertiary/aromatic N) is 3. The fourth-order valence-corrected chi connectivity index (χ4v) is 4.93. The van der Waals surface area contributed by atoms with Crippen LogP contribution in [0.15, 0.2) is 65.5 Å². The Hall–Kier alpha value is -3.84. The maximum atomic E-state index is 13.3. The summed E-state index contributed by atoms with van der Waals surface area (Å²) in [5.41, 5.74) is 5.05. The summed E-state index contributed by atoms with van der Waals surface area (Å²) in [6.45, 7) is 5.56. The number of nitrogens with one attached hydrogen (secondary N) is 1. The molecule has 3 heterocycles. The topological polar surface area (TPSA) is 76.9 Å². The van der Waals surface area contributed by atoms with Crippen LogP contribution in [-0.2, 0) is 11.3 Å². The fraction of sp³-hybridized carbons (Fsp3) is 0.154. The van der Waals surface area contributed by atoms with Gasteiger partial charge in [0.15, 0.2) is 0 Å². The summed E-state index contributed by atoms with van der Waals surface area (Å²) in [5.74, 6) is 0.233. The van der Waals surface area contributed by atoms with Gasteiger partial charge in [0.25, 0.3) is 5.56 Å². The van der Waals surface area contributed by atoms with Crippen LogP contribution in [0, 0.1) is 20.8 Å². The third-order valence-corrected chi connectivity index (χ3v) is 6.75. The van der Waals surface area contributed by atoms with E-state index in [1.807, 2.05) is 74.5 Å². The lowest BCUT2D eigenvalue weighted by Gasteiger charge is -2.12. The Morgan fingerprint density at radius 3 is 2.58 bits per heavy atom. The maximum Gasteiger partial charge on any atom is 0.272 e. The largest absolute Gasteiger partial charge is 0.324 e. The van der Waals surface area contributed by atoms with Crippen molar-refractivity contribution in [3.63, 3.8) is 0 Å². The van der Waals surface area contributed by atoms with E-state index in [0.717, 1.165) is 38.3 Å². The van der Waals surface area contributed by atoms with Crippen LogP contribution in [0.2, 0.25) is 0 Å². The van der Waals surface area contributed by atoms with Crippen LogP contribution in [0.3, 0.4) is 0 Å². The van der Waals surface area contributed by atoms with Crippen molar-refractivity contribution >= 4 is 43.4 Å². The molecule has 5 rings (SSSR count). The number of aryl methyl sites for hydroxylation is 3. The van der Waals surface area contributed by atoms with E-state index < -0.39 is 0 Å². The molecule has 0 fully saturated rings. The number of thiophene rings is 1. The van der Waals surface area contributed by atoms with Gasteiger partial charge in [0.2, 0.25) is 5.91 Å². The minimum Gasteiger partial charge on any atom is -0.324 e. The zero-order valence-electron chi connectivity index (χ0n) is 18.5. The standard InChI is InChI=1S/C26H22N4O2S/c1-15-9-10-16(2)21(13-15)28-22(31)14-30-17(3)27-23-19-11-12-20(18-7-5-4-6-8-18)29-25(19)33-24(23)26(30)32/h4-13H,14H2,1-3H3,(H,28,31). The van der Waals surface area contributed by atoms with Crippen molar-refractivity contribution in [2.45, 2.75) is 27.3 Å². The van der Waals surface area contributed by atoms with Gasteiger partial charge >= 0.3 is 0 Å². The highest BCUT2D eigenvalue weighted by Crippen LogP contribution is 2.31. The molecule has 1 amide bonds. The van der Waals surface area contributed by atoms with E-state index in [0.29, 0.717) is 16.0 Å². The van der Waals surface area contributed by atoms with Gasteiger partial charge in [0.05, 0.1) is 11.2 Å². The number of carbonyl (C=O) groups excluding carboxylic acids is 1. The van der Waals surface area contributed by atoms with Crippen LogP contribution < -0.4 is 10.9 Å². The molecule has 0 unspecified atom stereocenters. The van der Waals surface area contributed by atoms with Gasteiger partial charge in [0.1, 0.15) is 21.9 Å². The SMILES string of the molecule is Cc1ccc(C)c(NC(=O)Cn2c(C)nc3c(sc4nc(-c5ccccc5)ccc43)c2=O)c1. The highest BCUT2D eigenvalue weighted by Gasteiger charge is 2.17. The van der Waals surface area contributed by atoms with Gasteiger partial charge in [-0.3, -0.25) is 14.2 Å². The van der Waals surface area contributed by atoms with Crippen LogP contribution >= 0.6 is 11.3 Å². The lowest BCUT2D eigenvalue weighted by Crippen LogP contribution is -2.29. The Balaban J connectivity index is 1.52. The third kappa shape index (κ3) is 3.91. The zero-order valence-corrected chi connectivity index (χ0v) is 19.4. The summed E-state index contributed by atoms with van der Waals surface area (Å²) in [4.78, 5) is 36.3. The number of anilines is 1. The molecule has 0 spiro atoms. The molecule has 0 aliphatic rings. The van der Waals surface area contributed by atoms with Crippen molar-refractivity contribution in [3.05, 3.63) is 88.0 Å². The summed E-state index contributed by atoms with van der Waals surface area (Å²) < 4.78 is 1.93. The van der Waals surface area contributed by atoms with Crippen molar-refractivity contribution in [2.75, 3.05) is 5.32 Å². The van der Waals surface area contributed by atoms with Gasteiger partial charge in [-0.05, 0) is 50.1 Å². The quantitative estimate of drug-likeness (QED) is 0.403. The minimum absolute atomic E-state index is 0.0993. The molecule has 164 valence electrons. The highest BCUT2D eigenvalue weighted by atomic mass is 32.1. The highest BCUT2D eigenvalue weighted by molar-refractivity contribution is 7.25. The summed E-state index contributed by atoms with van der Waals surface area (Å²) in [5, 5.41) is 3.77. The maximum absolute atomic E-state index is 13.3. The van der Waals surface area contributed by atoms with E-state index in [2.05, 4.69) is 10.3 Å². The number of fused-ring (bicyclic) bond motifs is 3. The summed E-state index contributed by atoms with van der Waals surface area (Å²) in [6.07, 6.45) is 0. The Morgan fingerprint density at radius 2 is 1.79 bits per heavy atom. The van der Waals surface area contributed by atoms with E-state index >= 15 is 0 Å². The lowest BCUT2D eigenvalue weighted by atomic mass is 10.1. The van der Waals surface area contributed by atoms with Crippen LogP contribution in [0.5, 0.6) is 0 Å². The Labute approximate surface area is 194 Å². The summed E-state index contributed by atoms with van der Waals surface area (Å²) >= 11 is 1.32. The first-order chi connectivity index (χ1) is 15.9. The fourth-order valence-electron chi connectivity index (χ4n) is 3.87. The molecule has 5 aromatic rings. The van der Waals surface area contributed by atoms with E-state index in [4.69, 9.17) is 4.98 Å². The van der Waals surface area contributed by atoms with Crippen LogP contribution in [0.25, 0.3) is 31.7 Å². The molecule has 0 radical (unpaired) electrons. The number of rotatable bonds is 4. The normalized spacial score (nSPS) is 11.2. The molecule has 0 saturated heterocycles. The lowest BCUT2D eigenvalue weighted by molar-refractivity contribution is -0.116. The molecule has 0 saturated carbocycles. The predicted octanol–water partition coefficient (Wildman–Crippen LogP) is 5.24. The van der Waals surface area contributed by atoms with Gasteiger partial charge in [-0.25, -0.2) is 9.97 Å². The number of hydrogen-bond donors (Lipinski definition) is 1. The zero-order chi connectivity index (χ0) is 23.1. The van der Waals surface area contributed by atoms with Crippen LogP contribution in [0.4, 0.5) is 5.69 Å². The average molecular weight is 455 g/mol. The molecule has 7 heteroatoms. The van der Waals surface area contributed by atoms with Crippen molar-refractivity contribution in [1.29, 1.82) is 0 Å². The number of aromatic nitrogens is 3. The molecule has 0 bridgehead atoms. The molecule has 1 N–H and O–H groups in total. The molecule has 3 aromatic heterocycles. The van der Waals surface area contributed by atoms with Crippen molar-refractivity contribution in [2.24, 2.45) is 0 Å². The third-order valence-electron chi connectivity index (χ3n) is 5.67. The van der Waals surface area contributed by atoms with Crippen molar-refractivity contribution in [3.8, 4) is 11.3 Å². The van der Waals surface area contributed by atoms with E-state index in [-0.39, 0.29) is 18.0 Å². The van der Waals surface area contributed by atoms with Crippen LogP contribution in [-0.4, -0.2) is 20.4 Å². The minimum atomic E-state index is -0.263. The first kappa shape index (κ1) is 21.0. The Morgan fingerprint density at radius 1 is 1.00 bits per heavy atom. The Bertz CT molecular complexity index is 1590. The molecule has 0 atom stereocenters. The number of amides is 1. The number of pyridine rings is 1. The molecular formula is C26H22N4O2S. The van der Waals surface area contributed by atoms with Gasteiger partial charge < -0.3 is 5.32 Å². The van der Waals surface area contributed by atoms with E-state index in [9.17, 15) is 9.59 Å². The molecule has 0 aliphatic heterocycles. The molecular weight excluding hydrogens is 432 g/mol. The second-order valence-corrected chi connectivity index (χ2v) is 9.11. The number of hydrogen-bond acceptors (Lipinski definition) is 5. The molecule has 0 aliphatic carbocycles. The van der Waals surface area contributed by atoms with Gasteiger partial charge in [-0.2, -0.15) is 0 Å². The van der Waals surface area contributed by atoms with E-state index in [1.165, 1.54) is 15.9 Å². The van der Waals surface area contributed by atoms with Gasteiger partial charge in [0, 0.05) is 16.6 Å². The van der Waals surface area contributed by atoms with Crippen molar-refractivity contribution < 1.29 is 4.79 Å². The van der Waals surface area contributed by atoms with Gasteiger partial charge in [-0.1, -0.05) is 42.5 Å². The van der Waals surface area contributed by atoms with Gasteiger partial charge in [-0.15, -0.1) is 11.3 Å². The van der Waals surface area contributed by atoms with Crippen molar-refractivity contribution in [1.82, 2.24) is 14.5 Å². The smallest absolute Gasteiger partial charge is 0.272 e. The predicted molar refractivity (Wildman–Crippen MR) is 134 cm³/mol. The van der Waals surface area contributed by atoms with Crippen LogP contribution in [0.1, 0.15) is 17.0 Å². The number of carbonyl (C=O) groups is 1. The Kier molecular flexibility index (Phi) is 5.26. The summed E-state index contributed by atoms with van der Waals surface area (Å²) in [6, 6.07) is 19.7. The summed E-state index contributed by atoms with van der Waals surface area (Å²) in [7, 11) is 0. The monoisotopic (exact) mass is 454 g/mol. The number of benzene rings is 2. The molecule has 2 aromatic carbocycles.